The second kappa shape index (κ2) is 7.52. The van der Waals surface area contributed by atoms with Crippen LogP contribution in [0.5, 0.6) is 5.75 Å². The molecule has 25 heavy (non-hydrogen) atoms. The smallest absolute Gasteiger partial charge is 0.254 e. The number of aryl methyl sites for hydroxylation is 1. The minimum absolute atomic E-state index is 0.0993. The Balaban J connectivity index is 1.75. The van der Waals surface area contributed by atoms with Crippen molar-refractivity contribution in [3.63, 3.8) is 0 Å². The highest BCUT2D eigenvalue weighted by molar-refractivity contribution is 7.98. The van der Waals surface area contributed by atoms with Gasteiger partial charge in [0.1, 0.15) is 5.75 Å². The van der Waals surface area contributed by atoms with Gasteiger partial charge in [0.2, 0.25) is 11.7 Å². The number of thioether (sulfide) groups is 1. The number of aromatic nitrogens is 4. The highest BCUT2D eigenvalue weighted by Crippen LogP contribution is 2.28. The summed E-state index contributed by atoms with van der Waals surface area (Å²) in [6.45, 7) is 3.77. The van der Waals surface area contributed by atoms with E-state index in [0.717, 1.165) is 11.3 Å². The number of hydrogen-bond donors (Lipinski definition) is 1. The first kappa shape index (κ1) is 17.2. The van der Waals surface area contributed by atoms with Gasteiger partial charge in [0.05, 0.1) is 18.4 Å². The van der Waals surface area contributed by atoms with E-state index in [0.29, 0.717) is 40.4 Å². The molecule has 3 rings (SSSR count). The van der Waals surface area contributed by atoms with Crippen LogP contribution in [0.4, 0.5) is 0 Å². The summed E-state index contributed by atoms with van der Waals surface area (Å²) in [5.74, 6) is 2.01. The Kier molecular flexibility index (Phi) is 5.18. The van der Waals surface area contributed by atoms with Crippen LogP contribution < -0.4 is 10.3 Å². The number of H-pyrrole nitrogens is 1. The number of ether oxygens (including phenoxy) is 1. The van der Waals surface area contributed by atoms with Crippen molar-refractivity contribution in [1.29, 1.82) is 0 Å². The number of para-hydroxylation sites is 1. The molecule has 0 aliphatic rings. The maximum atomic E-state index is 12.0. The van der Waals surface area contributed by atoms with Crippen LogP contribution in [0.1, 0.15) is 24.1 Å². The predicted molar refractivity (Wildman–Crippen MR) is 94.8 cm³/mol. The highest BCUT2D eigenvalue weighted by atomic mass is 32.2. The van der Waals surface area contributed by atoms with E-state index in [4.69, 9.17) is 9.26 Å². The van der Waals surface area contributed by atoms with Gasteiger partial charge in [-0.1, -0.05) is 36.0 Å². The standard InChI is InChI=1S/C17H18N4O3S/c1-4-11-10(2)18-17(20-16(11)22)25-9-14-19-15(21-24-14)12-7-5-6-8-13(12)23-3/h5-8H,4,9H2,1-3H3,(H,18,20,22). The summed E-state index contributed by atoms with van der Waals surface area (Å²) in [5, 5.41) is 4.54. The largest absolute Gasteiger partial charge is 0.496 e. The third-order valence-corrected chi connectivity index (χ3v) is 4.56. The van der Waals surface area contributed by atoms with Crippen LogP contribution in [-0.2, 0) is 12.2 Å². The molecule has 0 radical (unpaired) electrons. The van der Waals surface area contributed by atoms with Crippen LogP contribution in [0.2, 0.25) is 0 Å². The van der Waals surface area contributed by atoms with Crippen LogP contribution in [0.3, 0.4) is 0 Å². The van der Waals surface area contributed by atoms with Crippen LogP contribution in [0.25, 0.3) is 11.4 Å². The molecule has 2 heterocycles. The average Bonchev–Trinajstić information content (AvgIpc) is 3.08. The zero-order valence-corrected chi connectivity index (χ0v) is 15.0. The lowest BCUT2D eigenvalue weighted by Crippen LogP contribution is -2.16. The minimum atomic E-state index is -0.0993. The van der Waals surface area contributed by atoms with Crippen molar-refractivity contribution in [2.45, 2.75) is 31.2 Å². The van der Waals surface area contributed by atoms with E-state index in [9.17, 15) is 4.79 Å². The Morgan fingerprint density at radius 3 is 2.80 bits per heavy atom. The quantitative estimate of drug-likeness (QED) is 0.535. The van der Waals surface area contributed by atoms with E-state index in [1.165, 1.54) is 11.8 Å². The lowest BCUT2D eigenvalue weighted by molar-refractivity contribution is 0.390. The molecule has 3 aromatic rings. The Labute approximate surface area is 148 Å². The number of benzene rings is 1. The van der Waals surface area contributed by atoms with Crippen LogP contribution in [0, 0.1) is 6.92 Å². The van der Waals surface area contributed by atoms with E-state index in [1.54, 1.807) is 7.11 Å². The highest BCUT2D eigenvalue weighted by Gasteiger charge is 2.14. The first-order valence-corrected chi connectivity index (χ1v) is 8.79. The maximum absolute atomic E-state index is 12.0. The normalized spacial score (nSPS) is 10.8. The van der Waals surface area contributed by atoms with E-state index in [-0.39, 0.29) is 5.56 Å². The van der Waals surface area contributed by atoms with E-state index in [1.807, 2.05) is 38.1 Å². The molecule has 2 aromatic heterocycles. The van der Waals surface area contributed by atoms with Crippen molar-refractivity contribution in [3.05, 3.63) is 51.8 Å². The van der Waals surface area contributed by atoms with Crippen molar-refractivity contribution in [1.82, 2.24) is 20.1 Å². The fraction of sp³-hybridized carbons (Fsp3) is 0.294. The molecule has 0 aliphatic heterocycles. The summed E-state index contributed by atoms with van der Waals surface area (Å²) in [4.78, 5) is 23.6. The maximum Gasteiger partial charge on any atom is 0.254 e. The molecule has 7 nitrogen and oxygen atoms in total. The topological polar surface area (TPSA) is 93.9 Å². The molecule has 0 bridgehead atoms. The molecular weight excluding hydrogens is 340 g/mol. The molecule has 0 saturated carbocycles. The monoisotopic (exact) mass is 358 g/mol. The van der Waals surface area contributed by atoms with Gasteiger partial charge in [0.15, 0.2) is 5.16 Å². The summed E-state index contributed by atoms with van der Waals surface area (Å²) < 4.78 is 10.6. The van der Waals surface area contributed by atoms with Crippen molar-refractivity contribution in [2.24, 2.45) is 0 Å². The molecule has 0 aliphatic carbocycles. The molecule has 130 valence electrons. The molecule has 8 heteroatoms. The van der Waals surface area contributed by atoms with Crippen molar-refractivity contribution < 1.29 is 9.26 Å². The van der Waals surface area contributed by atoms with Crippen LogP contribution in [-0.4, -0.2) is 27.2 Å². The summed E-state index contributed by atoms with van der Waals surface area (Å²) in [6, 6.07) is 7.47. The molecule has 0 amide bonds. The summed E-state index contributed by atoms with van der Waals surface area (Å²) in [6.07, 6.45) is 0.658. The van der Waals surface area contributed by atoms with E-state index in [2.05, 4.69) is 20.1 Å². The molecule has 0 fully saturated rings. The summed E-state index contributed by atoms with van der Waals surface area (Å²) in [5.41, 5.74) is 2.12. The Bertz CT molecular complexity index is 936. The van der Waals surface area contributed by atoms with Gasteiger partial charge >= 0.3 is 0 Å². The second-order valence-electron chi connectivity index (χ2n) is 5.29. The zero-order valence-electron chi connectivity index (χ0n) is 14.2. The van der Waals surface area contributed by atoms with E-state index < -0.39 is 0 Å². The van der Waals surface area contributed by atoms with Gasteiger partial charge in [-0.2, -0.15) is 4.98 Å². The first-order valence-electron chi connectivity index (χ1n) is 7.81. The molecule has 0 saturated heterocycles. The predicted octanol–water partition coefficient (Wildman–Crippen LogP) is 2.99. The molecule has 0 spiro atoms. The number of methoxy groups -OCH3 is 1. The minimum Gasteiger partial charge on any atom is -0.496 e. The van der Waals surface area contributed by atoms with E-state index >= 15 is 0 Å². The molecular formula is C17H18N4O3S. The van der Waals surface area contributed by atoms with Gasteiger partial charge in [-0.25, -0.2) is 4.98 Å². The number of aromatic amines is 1. The van der Waals surface area contributed by atoms with Gasteiger partial charge < -0.3 is 14.2 Å². The van der Waals surface area contributed by atoms with Crippen LogP contribution >= 0.6 is 11.8 Å². The van der Waals surface area contributed by atoms with Gasteiger partial charge in [-0.3, -0.25) is 4.79 Å². The molecule has 0 atom stereocenters. The Morgan fingerprint density at radius 2 is 2.08 bits per heavy atom. The zero-order chi connectivity index (χ0) is 17.8. The Hall–Kier alpha value is -2.61. The fourth-order valence-corrected chi connectivity index (χ4v) is 3.20. The number of nitrogens with one attached hydrogen (secondary N) is 1. The third-order valence-electron chi connectivity index (χ3n) is 3.70. The van der Waals surface area contributed by atoms with Gasteiger partial charge in [-0.15, -0.1) is 0 Å². The van der Waals surface area contributed by atoms with Gasteiger partial charge in [-0.05, 0) is 25.5 Å². The third kappa shape index (κ3) is 3.74. The van der Waals surface area contributed by atoms with Gasteiger partial charge in [0, 0.05) is 11.3 Å². The summed E-state index contributed by atoms with van der Waals surface area (Å²) >= 11 is 1.35. The van der Waals surface area contributed by atoms with Crippen molar-refractivity contribution >= 4 is 11.8 Å². The number of nitrogens with zero attached hydrogens (tertiary/aromatic N) is 3. The van der Waals surface area contributed by atoms with Crippen LogP contribution in [0.15, 0.2) is 38.7 Å². The summed E-state index contributed by atoms with van der Waals surface area (Å²) in [7, 11) is 1.60. The van der Waals surface area contributed by atoms with Gasteiger partial charge in [0.25, 0.3) is 5.56 Å². The molecule has 1 aromatic carbocycles. The van der Waals surface area contributed by atoms with Crippen molar-refractivity contribution in [3.8, 4) is 17.1 Å². The fourth-order valence-electron chi connectivity index (χ4n) is 2.45. The Morgan fingerprint density at radius 1 is 1.28 bits per heavy atom. The number of hydrogen-bond acceptors (Lipinski definition) is 7. The lowest BCUT2D eigenvalue weighted by Gasteiger charge is -2.04. The average molecular weight is 358 g/mol. The SMILES string of the molecule is CCc1c(C)nc(SCc2nc(-c3ccccc3OC)no2)[nH]c1=O. The number of rotatable bonds is 6. The molecule has 1 N–H and O–H groups in total. The first-order chi connectivity index (χ1) is 12.1. The molecule has 0 unspecified atom stereocenters. The lowest BCUT2D eigenvalue weighted by atomic mass is 10.2. The second-order valence-corrected chi connectivity index (χ2v) is 6.25. The van der Waals surface area contributed by atoms with Crippen molar-refractivity contribution in [2.75, 3.05) is 7.11 Å².